The van der Waals surface area contributed by atoms with Crippen molar-refractivity contribution >= 4 is 11.9 Å². The molecule has 3 aromatic carbocycles. The van der Waals surface area contributed by atoms with Gasteiger partial charge in [0.1, 0.15) is 12.4 Å². The number of hydrogen-bond acceptors (Lipinski definition) is 7. The third-order valence-corrected chi connectivity index (χ3v) is 4.47. The number of benzene rings is 3. The Labute approximate surface area is 180 Å². The van der Waals surface area contributed by atoms with E-state index in [4.69, 9.17) is 14.2 Å². The van der Waals surface area contributed by atoms with E-state index in [0.29, 0.717) is 30.4 Å². The van der Waals surface area contributed by atoms with Crippen LogP contribution >= 0.6 is 0 Å². The third-order valence-electron chi connectivity index (χ3n) is 4.47. The van der Waals surface area contributed by atoms with Crippen LogP contribution in [0.3, 0.4) is 0 Å². The molecule has 0 aliphatic rings. The van der Waals surface area contributed by atoms with Gasteiger partial charge in [0.2, 0.25) is 0 Å². The Morgan fingerprint density at radius 3 is 2.26 bits per heavy atom. The highest BCUT2D eigenvalue weighted by atomic mass is 16.6. The lowest BCUT2D eigenvalue weighted by atomic mass is 10.2. The Morgan fingerprint density at radius 1 is 0.935 bits per heavy atom. The van der Waals surface area contributed by atoms with Crippen molar-refractivity contribution in [2.75, 3.05) is 14.2 Å². The van der Waals surface area contributed by atoms with Gasteiger partial charge < -0.3 is 19.6 Å². The number of rotatable bonds is 10. The summed E-state index contributed by atoms with van der Waals surface area (Å²) in [6.07, 6.45) is 1.72. The van der Waals surface area contributed by atoms with Crippen molar-refractivity contribution < 1.29 is 19.1 Å². The highest BCUT2D eigenvalue weighted by molar-refractivity contribution is 5.79. The predicted octanol–water partition coefficient (Wildman–Crippen LogP) is 4.31. The third kappa shape index (κ3) is 6.20. The van der Waals surface area contributed by atoms with Crippen molar-refractivity contribution in [1.82, 2.24) is 5.43 Å². The number of methoxy groups -OCH3 is 2. The summed E-state index contributed by atoms with van der Waals surface area (Å²) in [6, 6.07) is 19.5. The Kier molecular flexibility index (Phi) is 7.42. The van der Waals surface area contributed by atoms with E-state index in [1.807, 2.05) is 42.5 Å². The van der Waals surface area contributed by atoms with Gasteiger partial charge in [0, 0.05) is 12.1 Å². The summed E-state index contributed by atoms with van der Waals surface area (Å²) in [6.45, 7) is 0.881. The van der Waals surface area contributed by atoms with Gasteiger partial charge in [-0.2, -0.15) is 5.10 Å². The molecule has 1 N–H and O–H groups in total. The molecule has 8 heteroatoms. The number of nitro groups is 1. The molecule has 0 aliphatic heterocycles. The highest BCUT2D eigenvalue weighted by Gasteiger charge is 2.05. The van der Waals surface area contributed by atoms with E-state index in [2.05, 4.69) is 10.5 Å². The first kappa shape index (κ1) is 21.6. The van der Waals surface area contributed by atoms with Gasteiger partial charge in [0.25, 0.3) is 5.69 Å². The number of nitrogens with zero attached hydrogens (tertiary/aromatic N) is 2. The molecule has 0 aromatic heterocycles. The van der Waals surface area contributed by atoms with Crippen LogP contribution in [0.5, 0.6) is 17.2 Å². The molecule has 0 saturated carbocycles. The number of non-ortho nitro benzene ring substituents is 1. The lowest BCUT2D eigenvalue weighted by Crippen LogP contribution is -2.06. The first-order chi connectivity index (χ1) is 15.1. The summed E-state index contributed by atoms with van der Waals surface area (Å²) < 4.78 is 16.2. The molecule has 0 fully saturated rings. The predicted molar refractivity (Wildman–Crippen MR) is 118 cm³/mol. The van der Waals surface area contributed by atoms with E-state index >= 15 is 0 Å². The zero-order valence-corrected chi connectivity index (χ0v) is 17.3. The molecule has 31 heavy (non-hydrogen) atoms. The average Bonchev–Trinajstić information content (AvgIpc) is 2.81. The second-order valence-corrected chi connectivity index (χ2v) is 6.56. The second-order valence-electron chi connectivity index (χ2n) is 6.56. The van der Waals surface area contributed by atoms with Crippen LogP contribution in [0, 0.1) is 10.1 Å². The van der Waals surface area contributed by atoms with Crippen LogP contribution in [-0.2, 0) is 13.2 Å². The molecule has 0 atom stereocenters. The van der Waals surface area contributed by atoms with Crippen LogP contribution in [0.25, 0.3) is 0 Å². The Hall–Kier alpha value is -4.07. The molecule has 0 spiro atoms. The van der Waals surface area contributed by atoms with Gasteiger partial charge in [-0.1, -0.05) is 6.07 Å². The largest absolute Gasteiger partial charge is 0.493 e. The van der Waals surface area contributed by atoms with Crippen molar-refractivity contribution in [2.24, 2.45) is 5.10 Å². The molecule has 0 heterocycles. The Balaban J connectivity index is 1.47. The number of nitrogens with one attached hydrogen (secondary N) is 1. The summed E-state index contributed by atoms with van der Waals surface area (Å²) in [5, 5.41) is 14.9. The fourth-order valence-electron chi connectivity index (χ4n) is 2.78. The van der Waals surface area contributed by atoms with E-state index in [0.717, 1.165) is 16.7 Å². The van der Waals surface area contributed by atoms with Crippen LogP contribution < -0.4 is 19.6 Å². The minimum Gasteiger partial charge on any atom is -0.493 e. The lowest BCUT2D eigenvalue weighted by molar-refractivity contribution is -0.384. The summed E-state index contributed by atoms with van der Waals surface area (Å²) in [5.74, 6) is 2.06. The smallest absolute Gasteiger partial charge is 0.269 e. The molecule has 0 amide bonds. The van der Waals surface area contributed by atoms with Gasteiger partial charge in [0.15, 0.2) is 11.5 Å². The van der Waals surface area contributed by atoms with Gasteiger partial charge in [-0.25, -0.2) is 0 Å². The van der Waals surface area contributed by atoms with Crippen molar-refractivity contribution in [3.8, 4) is 17.2 Å². The van der Waals surface area contributed by atoms with Gasteiger partial charge in [-0.05, 0) is 65.2 Å². The molecule has 0 unspecified atom stereocenters. The first-order valence-corrected chi connectivity index (χ1v) is 9.52. The number of ether oxygens (including phenoxy) is 3. The van der Waals surface area contributed by atoms with Crippen LogP contribution in [0.1, 0.15) is 16.7 Å². The molecular weight excluding hydrogens is 398 g/mol. The summed E-state index contributed by atoms with van der Waals surface area (Å²) in [7, 11) is 3.21. The topological polar surface area (TPSA) is 95.2 Å². The lowest BCUT2D eigenvalue weighted by Gasteiger charge is -2.09. The zero-order valence-electron chi connectivity index (χ0n) is 17.3. The molecule has 0 saturated heterocycles. The molecule has 160 valence electrons. The molecule has 0 bridgehead atoms. The van der Waals surface area contributed by atoms with Gasteiger partial charge >= 0.3 is 0 Å². The Morgan fingerprint density at radius 2 is 1.61 bits per heavy atom. The van der Waals surface area contributed by atoms with E-state index in [1.165, 1.54) is 12.1 Å². The van der Waals surface area contributed by atoms with Gasteiger partial charge in [-0.3, -0.25) is 10.1 Å². The maximum absolute atomic E-state index is 10.7. The highest BCUT2D eigenvalue weighted by Crippen LogP contribution is 2.27. The van der Waals surface area contributed by atoms with Crippen molar-refractivity contribution in [1.29, 1.82) is 0 Å². The maximum Gasteiger partial charge on any atom is 0.269 e. The molecule has 0 aliphatic carbocycles. The van der Waals surface area contributed by atoms with Crippen molar-refractivity contribution in [2.45, 2.75) is 13.2 Å². The number of nitro benzene ring substituents is 1. The standard InChI is InChI=1S/C23H23N3O5/c1-29-22-12-7-19(13-23(22)30-2)15-25-24-14-17-5-10-21(11-6-17)31-16-18-3-8-20(9-4-18)26(27)28/h3-14,25H,15-16H2,1-2H3/b24-14-. The average molecular weight is 421 g/mol. The number of hydrogen-bond donors (Lipinski definition) is 1. The zero-order chi connectivity index (χ0) is 22.1. The Bertz CT molecular complexity index is 1030. The quantitative estimate of drug-likeness (QED) is 0.298. The van der Waals surface area contributed by atoms with Crippen LogP contribution in [0.15, 0.2) is 71.8 Å². The minimum atomic E-state index is -0.423. The normalized spacial score (nSPS) is 10.6. The van der Waals surface area contributed by atoms with E-state index in [-0.39, 0.29) is 5.69 Å². The molecule has 8 nitrogen and oxygen atoms in total. The van der Waals surface area contributed by atoms with Crippen molar-refractivity contribution in [3.63, 3.8) is 0 Å². The van der Waals surface area contributed by atoms with Crippen LogP contribution in [-0.4, -0.2) is 25.4 Å². The molecule has 0 radical (unpaired) electrons. The second kappa shape index (κ2) is 10.6. The fraction of sp³-hybridized carbons (Fsp3) is 0.174. The first-order valence-electron chi connectivity index (χ1n) is 9.52. The molecule has 3 rings (SSSR count). The monoisotopic (exact) mass is 421 g/mol. The van der Waals surface area contributed by atoms with Crippen LogP contribution in [0.4, 0.5) is 5.69 Å². The summed E-state index contributed by atoms with van der Waals surface area (Å²) in [5.41, 5.74) is 5.86. The maximum atomic E-state index is 10.7. The van der Waals surface area contributed by atoms with Gasteiger partial charge in [0.05, 0.1) is 31.9 Å². The minimum absolute atomic E-state index is 0.0622. The van der Waals surface area contributed by atoms with Crippen molar-refractivity contribution in [3.05, 3.63) is 93.5 Å². The number of hydrazone groups is 1. The molecule has 3 aromatic rings. The van der Waals surface area contributed by atoms with E-state index in [1.54, 1.807) is 32.6 Å². The van der Waals surface area contributed by atoms with E-state index < -0.39 is 4.92 Å². The van der Waals surface area contributed by atoms with Gasteiger partial charge in [-0.15, -0.1) is 0 Å². The SMILES string of the molecule is COc1ccc(CN/N=C\c2ccc(OCc3ccc([N+](=O)[O-])cc3)cc2)cc1OC. The molecular formula is C23H23N3O5. The van der Waals surface area contributed by atoms with Crippen LogP contribution in [0.2, 0.25) is 0 Å². The summed E-state index contributed by atoms with van der Waals surface area (Å²) >= 11 is 0. The summed E-state index contributed by atoms with van der Waals surface area (Å²) in [4.78, 5) is 10.3. The van der Waals surface area contributed by atoms with E-state index in [9.17, 15) is 10.1 Å². The fourth-order valence-corrected chi connectivity index (χ4v) is 2.78.